The van der Waals surface area contributed by atoms with Gasteiger partial charge in [0.15, 0.2) is 5.82 Å². The van der Waals surface area contributed by atoms with Crippen molar-refractivity contribution in [3.8, 4) is 0 Å². The minimum absolute atomic E-state index is 0.0594. The van der Waals surface area contributed by atoms with Gasteiger partial charge in [-0.05, 0) is 12.3 Å². The van der Waals surface area contributed by atoms with E-state index in [1.165, 1.54) is 38.5 Å². The van der Waals surface area contributed by atoms with E-state index >= 15 is 0 Å². The van der Waals surface area contributed by atoms with Gasteiger partial charge >= 0.3 is 5.97 Å². The van der Waals surface area contributed by atoms with E-state index in [9.17, 15) is 9.90 Å². The maximum absolute atomic E-state index is 11.2. The minimum Gasteiger partial charge on any atom is -0.481 e. The topological polar surface area (TPSA) is 88.2 Å². The van der Waals surface area contributed by atoms with E-state index in [0.29, 0.717) is 24.3 Å². The van der Waals surface area contributed by atoms with Crippen LogP contribution in [0, 0.1) is 5.92 Å². The Morgan fingerprint density at radius 3 is 2.75 bits per heavy atom. The van der Waals surface area contributed by atoms with Gasteiger partial charge in [-0.1, -0.05) is 63.9 Å². The van der Waals surface area contributed by atoms with Crippen LogP contribution in [-0.4, -0.2) is 27.3 Å². The molecule has 2 rings (SSSR count). The minimum atomic E-state index is -0.808. The molecule has 1 aliphatic rings. The largest absolute Gasteiger partial charge is 0.481 e. The second-order valence-electron chi connectivity index (χ2n) is 7.31. The number of carboxylic acid groups (broad SMARTS) is 1. The average Bonchev–Trinajstić information content (AvgIpc) is 3.01. The Kier molecular flexibility index (Phi) is 7.69. The third kappa shape index (κ3) is 6.59. The summed E-state index contributed by atoms with van der Waals surface area (Å²) in [6.45, 7) is 4.65. The first-order valence-electron chi connectivity index (χ1n) is 9.32. The highest BCUT2D eigenvalue weighted by molar-refractivity contribution is 5.67. The zero-order chi connectivity index (χ0) is 17.4. The summed E-state index contributed by atoms with van der Waals surface area (Å²) in [5.74, 6) is 0.907. The number of nitrogens with zero attached hydrogens (tertiary/aromatic N) is 2. The fraction of sp³-hybridized carbons (Fsp3) is 0.833. The Labute approximate surface area is 144 Å². The normalized spacial score (nSPS) is 17.3. The molecule has 6 nitrogen and oxygen atoms in total. The Morgan fingerprint density at radius 1 is 1.33 bits per heavy atom. The van der Waals surface area contributed by atoms with Crippen molar-refractivity contribution in [1.82, 2.24) is 15.5 Å². The van der Waals surface area contributed by atoms with Gasteiger partial charge in [0, 0.05) is 12.0 Å². The summed E-state index contributed by atoms with van der Waals surface area (Å²) in [5.41, 5.74) is 0. The molecule has 0 unspecified atom stereocenters. The lowest BCUT2D eigenvalue weighted by atomic mass is 9.84. The van der Waals surface area contributed by atoms with Crippen LogP contribution in [0.2, 0.25) is 0 Å². The summed E-state index contributed by atoms with van der Waals surface area (Å²) < 4.78 is 5.34. The molecule has 1 aliphatic carbocycles. The van der Waals surface area contributed by atoms with Crippen LogP contribution in [0.5, 0.6) is 0 Å². The molecule has 0 amide bonds. The van der Waals surface area contributed by atoms with Gasteiger partial charge in [0.05, 0.1) is 13.0 Å². The van der Waals surface area contributed by atoms with Crippen LogP contribution in [0.4, 0.5) is 0 Å². The highest BCUT2D eigenvalue weighted by atomic mass is 16.5. The fourth-order valence-corrected chi connectivity index (χ4v) is 3.45. The molecule has 2 N–H and O–H groups in total. The van der Waals surface area contributed by atoms with Crippen molar-refractivity contribution in [3.63, 3.8) is 0 Å². The van der Waals surface area contributed by atoms with Gasteiger partial charge in [-0.25, -0.2) is 0 Å². The third-order valence-corrected chi connectivity index (χ3v) is 4.81. The first-order chi connectivity index (χ1) is 11.5. The van der Waals surface area contributed by atoms with Crippen LogP contribution in [0.1, 0.15) is 89.3 Å². The highest BCUT2D eigenvalue weighted by Crippen LogP contribution is 2.31. The van der Waals surface area contributed by atoms with Crippen LogP contribution in [0.3, 0.4) is 0 Å². The molecule has 0 spiro atoms. The number of aromatic nitrogens is 2. The number of aliphatic carboxylic acids is 1. The molecule has 1 aromatic heterocycles. The molecule has 6 heteroatoms. The molecule has 1 aromatic rings. The Bertz CT molecular complexity index is 495. The average molecular weight is 337 g/mol. The number of carbonyl (C=O) groups is 1. The van der Waals surface area contributed by atoms with Gasteiger partial charge in [-0.2, -0.15) is 4.98 Å². The van der Waals surface area contributed by atoms with E-state index in [4.69, 9.17) is 4.52 Å². The maximum Gasteiger partial charge on any atom is 0.304 e. The van der Waals surface area contributed by atoms with Crippen LogP contribution in [0.15, 0.2) is 4.52 Å². The molecule has 0 aliphatic heterocycles. The van der Waals surface area contributed by atoms with Gasteiger partial charge in [0.25, 0.3) is 0 Å². The number of nitrogens with one attached hydrogen (secondary N) is 1. The third-order valence-electron chi connectivity index (χ3n) is 4.81. The first kappa shape index (κ1) is 18.9. The van der Waals surface area contributed by atoms with Crippen molar-refractivity contribution in [2.45, 2.75) is 90.1 Å². The van der Waals surface area contributed by atoms with E-state index in [-0.39, 0.29) is 12.3 Å². The van der Waals surface area contributed by atoms with Crippen LogP contribution in [0.25, 0.3) is 0 Å². The molecule has 0 aromatic carbocycles. The molecule has 1 fully saturated rings. The first-order valence-corrected chi connectivity index (χ1v) is 9.32. The second kappa shape index (κ2) is 9.77. The summed E-state index contributed by atoms with van der Waals surface area (Å²) in [6, 6.07) is 0.345. The summed E-state index contributed by atoms with van der Waals surface area (Å²) in [6.07, 6.45) is 9.80. The maximum atomic E-state index is 11.2. The molecular weight excluding hydrogens is 306 g/mol. The second-order valence-corrected chi connectivity index (χ2v) is 7.31. The summed E-state index contributed by atoms with van der Waals surface area (Å²) >= 11 is 0. The predicted octanol–water partition coefficient (Wildman–Crippen LogP) is 3.88. The molecule has 1 saturated carbocycles. The van der Waals surface area contributed by atoms with Crippen molar-refractivity contribution < 1.29 is 14.4 Å². The molecule has 136 valence electrons. The van der Waals surface area contributed by atoms with Crippen LogP contribution in [-0.2, 0) is 11.3 Å². The molecule has 1 heterocycles. The van der Waals surface area contributed by atoms with Gasteiger partial charge in [-0.3, -0.25) is 4.79 Å². The Balaban J connectivity index is 1.86. The van der Waals surface area contributed by atoms with E-state index in [1.54, 1.807) is 0 Å². The number of hydrogen-bond donors (Lipinski definition) is 2. The zero-order valence-electron chi connectivity index (χ0n) is 15.0. The number of hydrogen-bond acceptors (Lipinski definition) is 5. The molecule has 1 atom stereocenters. The molecular formula is C18H31N3O3. The van der Waals surface area contributed by atoms with Crippen molar-refractivity contribution in [2.24, 2.45) is 5.92 Å². The molecule has 0 saturated heterocycles. The van der Waals surface area contributed by atoms with Crippen molar-refractivity contribution >= 4 is 5.97 Å². The fourth-order valence-electron chi connectivity index (χ4n) is 3.45. The summed E-state index contributed by atoms with van der Waals surface area (Å²) in [5, 5.41) is 16.4. The predicted molar refractivity (Wildman–Crippen MR) is 91.7 cm³/mol. The van der Waals surface area contributed by atoms with Crippen molar-refractivity contribution in [1.29, 1.82) is 0 Å². The zero-order valence-corrected chi connectivity index (χ0v) is 15.0. The molecule has 24 heavy (non-hydrogen) atoms. The lowest BCUT2D eigenvalue weighted by Crippen LogP contribution is -2.22. The smallest absolute Gasteiger partial charge is 0.304 e. The molecule has 0 radical (unpaired) electrons. The number of carboxylic acids is 1. The SMILES string of the molecule is CC(C)NCc1noc([C@@H](CCCC2CCCCC2)CC(=O)O)n1. The van der Waals surface area contributed by atoms with Crippen LogP contribution >= 0.6 is 0 Å². The standard InChI is InChI=1S/C18H31N3O3/c1-13(2)19-12-16-20-18(24-21-16)15(11-17(22)23)10-6-9-14-7-4-3-5-8-14/h13-15,19H,3-12H2,1-2H3,(H,22,23)/t15-/m0/s1. The quantitative estimate of drug-likeness (QED) is 0.673. The van der Waals surface area contributed by atoms with Crippen molar-refractivity contribution in [3.05, 3.63) is 11.7 Å². The summed E-state index contributed by atoms with van der Waals surface area (Å²) in [7, 11) is 0. The van der Waals surface area contributed by atoms with Crippen molar-refractivity contribution in [2.75, 3.05) is 0 Å². The monoisotopic (exact) mass is 337 g/mol. The highest BCUT2D eigenvalue weighted by Gasteiger charge is 2.23. The Morgan fingerprint density at radius 2 is 2.08 bits per heavy atom. The number of rotatable bonds is 10. The van der Waals surface area contributed by atoms with Gasteiger partial charge < -0.3 is 14.9 Å². The van der Waals surface area contributed by atoms with E-state index in [0.717, 1.165) is 18.8 Å². The van der Waals surface area contributed by atoms with E-state index in [2.05, 4.69) is 29.3 Å². The molecule has 0 bridgehead atoms. The lowest BCUT2D eigenvalue weighted by Gasteiger charge is -2.21. The van der Waals surface area contributed by atoms with Gasteiger partial charge in [0.1, 0.15) is 0 Å². The van der Waals surface area contributed by atoms with Crippen LogP contribution < -0.4 is 5.32 Å². The van der Waals surface area contributed by atoms with E-state index in [1.807, 2.05) is 0 Å². The Hall–Kier alpha value is -1.43. The van der Waals surface area contributed by atoms with E-state index < -0.39 is 5.97 Å². The lowest BCUT2D eigenvalue weighted by molar-refractivity contribution is -0.137. The van der Waals surface area contributed by atoms with Gasteiger partial charge in [0.2, 0.25) is 5.89 Å². The summed E-state index contributed by atoms with van der Waals surface area (Å²) in [4.78, 5) is 15.6. The van der Waals surface area contributed by atoms with Gasteiger partial charge in [-0.15, -0.1) is 0 Å².